The zero-order chi connectivity index (χ0) is 17.4. The number of anilines is 1. The second kappa shape index (κ2) is 5.94. The Morgan fingerprint density at radius 3 is 2.64 bits per heavy atom. The maximum atomic E-state index is 13.2. The van der Waals surface area contributed by atoms with Crippen LogP contribution in [0.5, 0.6) is 0 Å². The van der Waals surface area contributed by atoms with Crippen molar-refractivity contribution in [2.75, 3.05) is 5.73 Å². The highest BCUT2D eigenvalue weighted by molar-refractivity contribution is 5.81. The molecule has 2 N–H and O–H groups in total. The van der Waals surface area contributed by atoms with Crippen molar-refractivity contribution in [3.05, 3.63) is 54.7 Å². The van der Waals surface area contributed by atoms with Crippen molar-refractivity contribution < 1.29 is 4.39 Å². The van der Waals surface area contributed by atoms with Crippen LogP contribution in [0, 0.1) is 5.82 Å². The van der Waals surface area contributed by atoms with Gasteiger partial charge in [0.05, 0.1) is 23.6 Å². The zero-order valence-electron chi connectivity index (χ0n) is 13.5. The molecule has 4 aromatic rings. The van der Waals surface area contributed by atoms with E-state index in [4.69, 9.17) is 5.73 Å². The number of nitrogen functional groups attached to an aromatic ring is 1. The van der Waals surface area contributed by atoms with E-state index in [9.17, 15) is 4.39 Å². The monoisotopic (exact) mass is 334 g/mol. The van der Waals surface area contributed by atoms with Gasteiger partial charge in [0.2, 0.25) is 0 Å². The predicted octanol–water partition coefficient (Wildman–Crippen LogP) is 3.30. The minimum Gasteiger partial charge on any atom is -0.382 e. The minimum absolute atomic E-state index is 0.295. The smallest absolute Gasteiger partial charge is 0.163 e. The highest BCUT2D eigenvalue weighted by Crippen LogP contribution is 2.28. The summed E-state index contributed by atoms with van der Waals surface area (Å²) in [5.41, 5.74) is 9.67. The molecule has 0 saturated carbocycles. The molecule has 0 unspecified atom stereocenters. The van der Waals surface area contributed by atoms with Crippen molar-refractivity contribution in [3.63, 3.8) is 0 Å². The number of hydrogen-bond donors (Lipinski definition) is 1. The van der Waals surface area contributed by atoms with Crippen molar-refractivity contribution >= 4 is 16.9 Å². The third-order valence-corrected chi connectivity index (χ3v) is 4.02. The second-order valence-corrected chi connectivity index (χ2v) is 5.54. The normalized spacial score (nSPS) is 11.1. The molecule has 0 aliphatic heterocycles. The Kier molecular flexibility index (Phi) is 3.61. The lowest BCUT2D eigenvalue weighted by molar-refractivity contribution is 0.628. The van der Waals surface area contributed by atoms with Crippen molar-refractivity contribution in [2.45, 2.75) is 13.5 Å². The zero-order valence-corrected chi connectivity index (χ0v) is 13.5. The Hall–Kier alpha value is -3.35. The number of halogens is 1. The Bertz CT molecular complexity index is 1060. The molecule has 0 amide bonds. The van der Waals surface area contributed by atoms with Gasteiger partial charge in [0.25, 0.3) is 0 Å². The number of pyridine rings is 1. The number of benzene rings is 1. The van der Waals surface area contributed by atoms with Gasteiger partial charge in [-0.1, -0.05) is 0 Å². The number of rotatable bonds is 3. The van der Waals surface area contributed by atoms with Crippen LogP contribution < -0.4 is 5.73 Å². The molecule has 0 bridgehead atoms. The van der Waals surface area contributed by atoms with Gasteiger partial charge in [0, 0.05) is 18.3 Å². The molecule has 0 fully saturated rings. The summed E-state index contributed by atoms with van der Waals surface area (Å²) >= 11 is 0. The molecule has 0 atom stereocenters. The summed E-state index contributed by atoms with van der Waals surface area (Å²) in [6.45, 7) is 2.73. The molecule has 7 heteroatoms. The number of imidazole rings is 1. The largest absolute Gasteiger partial charge is 0.382 e. The van der Waals surface area contributed by atoms with Crippen LogP contribution >= 0.6 is 0 Å². The van der Waals surface area contributed by atoms with Gasteiger partial charge in [-0.05, 0) is 37.3 Å². The molecule has 4 rings (SSSR count). The Labute approximate surface area is 143 Å². The van der Waals surface area contributed by atoms with E-state index in [-0.39, 0.29) is 5.82 Å². The first kappa shape index (κ1) is 15.2. The standard InChI is InChI=1S/C18H15FN6/c1-2-25-15-7-8-21-9-14(15)24-18(25)16-17(20)22-10-13(23-16)11-3-5-12(19)6-4-11/h3-10H,2H2,1H3,(H2,20,22). The highest BCUT2D eigenvalue weighted by Gasteiger charge is 2.17. The Morgan fingerprint density at radius 1 is 1.08 bits per heavy atom. The Balaban J connectivity index is 1.91. The van der Waals surface area contributed by atoms with Gasteiger partial charge in [-0.15, -0.1) is 0 Å². The van der Waals surface area contributed by atoms with Crippen molar-refractivity contribution in [1.29, 1.82) is 0 Å². The number of aromatic nitrogens is 5. The van der Waals surface area contributed by atoms with Crippen LogP contribution in [0.25, 0.3) is 33.8 Å². The summed E-state index contributed by atoms with van der Waals surface area (Å²) in [4.78, 5) is 17.6. The fourth-order valence-electron chi connectivity index (χ4n) is 2.81. The van der Waals surface area contributed by atoms with Crippen LogP contribution in [-0.2, 0) is 6.54 Å². The number of hydrogen-bond acceptors (Lipinski definition) is 5. The van der Waals surface area contributed by atoms with Gasteiger partial charge < -0.3 is 10.3 Å². The third kappa shape index (κ3) is 2.59. The van der Waals surface area contributed by atoms with E-state index in [1.54, 1.807) is 30.7 Å². The molecular weight excluding hydrogens is 319 g/mol. The average Bonchev–Trinajstić information content (AvgIpc) is 3.01. The predicted molar refractivity (Wildman–Crippen MR) is 94.0 cm³/mol. The first-order chi connectivity index (χ1) is 12.2. The molecule has 3 aromatic heterocycles. The van der Waals surface area contributed by atoms with Gasteiger partial charge >= 0.3 is 0 Å². The second-order valence-electron chi connectivity index (χ2n) is 5.54. The fraction of sp³-hybridized carbons (Fsp3) is 0.111. The minimum atomic E-state index is -0.298. The number of fused-ring (bicyclic) bond motifs is 1. The molecule has 1 aromatic carbocycles. The van der Waals surface area contributed by atoms with E-state index < -0.39 is 0 Å². The van der Waals surface area contributed by atoms with Crippen LogP contribution in [-0.4, -0.2) is 24.5 Å². The van der Waals surface area contributed by atoms with E-state index in [1.165, 1.54) is 12.1 Å². The van der Waals surface area contributed by atoms with Gasteiger partial charge in [0.15, 0.2) is 11.6 Å². The molecule has 0 spiro atoms. The molecule has 0 saturated heterocycles. The molecule has 0 radical (unpaired) electrons. The Morgan fingerprint density at radius 2 is 1.88 bits per heavy atom. The summed E-state index contributed by atoms with van der Waals surface area (Å²) in [5.74, 6) is 0.635. The van der Waals surface area contributed by atoms with Gasteiger partial charge in [-0.25, -0.2) is 19.3 Å². The first-order valence-corrected chi connectivity index (χ1v) is 7.86. The molecule has 124 valence electrons. The lowest BCUT2D eigenvalue weighted by Crippen LogP contribution is -2.04. The van der Waals surface area contributed by atoms with E-state index >= 15 is 0 Å². The van der Waals surface area contributed by atoms with Gasteiger partial charge in [-0.2, -0.15) is 0 Å². The first-order valence-electron chi connectivity index (χ1n) is 7.86. The summed E-state index contributed by atoms with van der Waals surface area (Å²) in [6.07, 6.45) is 5.01. The summed E-state index contributed by atoms with van der Waals surface area (Å²) in [6, 6.07) is 8.00. The van der Waals surface area contributed by atoms with E-state index in [2.05, 4.69) is 19.9 Å². The maximum Gasteiger partial charge on any atom is 0.163 e. The quantitative estimate of drug-likeness (QED) is 0.621. The van der Waals surface area contributed by atoms with E-state index in [0.29, 0.717) is 29.6 Å². The molecule has 25 heavy (non-hydrogen) atoms. The van der Waals surface area contributed by atoms with Gasteiger partial charge in [0.1, 0.15) is 17.0 Å². The average molecular weight is 334 g/mol. The van der Waals surface area contributed by atoms with Crippen LogP contribution in [0.1, 0.15) is 6.92 Å². The lowest BCUT2D eigenvalue weighted by Gasteiger charge is -2.09. The van der Waals surface area contributed by atoms with Crippen LogP contribution in [0.2, 0.25) is 0 Å². The van der Waals surface area contributed by atoms with E-state index in [1.807, 2.05) is 17.6 Å². The number of aryl methyl sites for hydroxylation is 1. The SMILES string of the molecule is CCn1c(-c2nc(-c3ccc(F)cc3)cnc2N)nc2cnccc21. The topological polar surface area (TPSA) is 82.5 Å². The fourth-order valence-corrected chi connectivity index (χ4v) is 2.81. The van der Waals surface area contributed by atoms with Gasteiger partial charge in [-0.3, -0.25) is 4.98 Å². The molecule has 0 aliphatic rings. The van der Waals surface area contributed by atoms with Crippen molar-refractivity contribution in [3.8, 4) is 22.8 Å². The number of nitrogens with two attached hydrogens (primary N) is 1. The van der Waals surface area contributed by atoms with E-state index in [0.717, 1.165) is 16.6 Å². The molecular formula is C18H15FN6. The molecule has 0 aliphatic carbocycles. The summed E-state index contributed by atoms with van der Waals surface area (Å²) < 4.78 is 15.2. The van der Waals surface area contributed by atoms with Crippen LogP contribution in [0.4, 0.5) is 10.2 Å². The molecule has 6 nitrogen and oxygen atoms in total. The number of nitrogens with zero attached hydrogens (tertiary/aromatic N) is 5. The highest BCUT2D eigenvalue weighted by atomic mass is 19.1. The maximum absolute atomic E-state index is 13.2. The van der Waals surface area contributed by atoms with Crippen LogP contribution in [0.3, 0.4) is 0 Å². The summed E-state index contributed by atoms with van der Waals surface area (Å²) in [7, 11) is 0. The van der Waals surface area contributed by atoms with Crippen LogP contribution in [0.15, 0.2) is 48.9 Å². The lowest BCUT2D eigenvalue weighted by atomic mass is 10.1. The summed E-state index contributed by atoms with van der Waals surface area (Å²) in [5, 5.41) is 0. The third-order valence-electron chi connectivity index (χ3n) is 4.02. The van der Waals surface area contributed by atoms with Crippen molar-refractivity contribution in [1.82, 2.24) is 24.5 Å². The molecule has 3 heterocycles. The van der Waals surface area contributed by atoms with Crippen molar-refractivity contribution in [2.24, 2.45) is 0 Å².